The molecule has 3 heteroatoms. The van der Waals surface area contributed by atoms with Gasteiger partial charge >= 0.3 is 0 Å². The maximum Gasteiger partial charge on any atom is 0.220 e. The minimum absolute atomic E-state index is 0.0319. The first kappa shape index (κ1) is 13.1. The molecule has 2 atom stereocenters. The number of aliphatic hydroxyl groups is 1. The monoisotopic (exact) mass is 247 g/mol. The Bertz CT molecular complexity index is 428. The van der Waals surface area contributed by atoms with Gasteiger partial charge in [-0.2, -0.15) is 0 Å². The second kappa shape index (κ2) is 5.53. The fraction of sp³-hybridized carbons (Fsp3) is 0.533. The molecule has 0 fully saturated rings. The van der Waals surface area contributed by atoms with Gasteiger partial charge in [0.25, 0.3) is 0 Å². The van der Waals surface area contributed by atoms with Crippen LogP contribution in [0.5, 0.6) is 0 Å². The highest BCUT2D eigenvalue weighted by Gasteiger charge is 2.31. The highest BCUT2D eigenvalue weighted by Crippen LogP contribution is 2.31. The lowest BCUT2D eigenvalue weighted by molar-refractivity contribution is -0.122. The summed E-state index contributed by atoms with van der Waals surface area (Å²) in [6.45, 7) is 4.21. The third kappa shape index (κ3) is 2.91. The number of fused-ring (bicyclic) bond motifs is 1. The van der Waals surface area contributed by atoms with Crippen LogP contribution < -0.4 is 5.32 Å². The molecular weight excluding hydrogens is 226 g/mol. The molecule has 0 radical (unpaired) electrons. The van der Waals surface area contributed by atoms with Gasteiger partial charge in [0, 0.05) is 12.8 Å². The number of carbonyl (C=O) groups is 1. The second-order valence-corrected chi connectivity index (χ2v) is 5.45. The second-order valence-electron chi connectivity index (χ2n) is 5.45. The Morgan fingerprint density at radius 2 is 2.17 bits per heavy atom. The first-order chi connectivity index (χ1) is 8.58. The summed E-state index contributed by atoms with van der Waals surface area (Å²) < 4.78 is 0. The maximum absolute atomic E-state index is 11.8. The van der Waals surface area contributed by atoms with E-state index in [2.05, 4.69) is 19.2 Å². The summed E-state index contributed by atoms with van der Waals surface area (Å²) in [5.41, 5.74) is 2.20. The normalized spacial score (nSPS) is 22.0. The smallest absolute Gasteiger partial charge is 0.220 e. The van der Waals surface area contributed by atoms with Crippen LogP contribution in [0.1, 0.15) is 43.9 Å². The van der Waals surface area contributed by atoms with E-state index in [4.69, 9.17) is 0 Å². The van der Waals surface area contributed by atoms with Crippen LogP contribution in [0.4, 0.5) is 0 Å². The molecule has 1 aromatic carbocycles. The van der Waals surface area contributed by atoms with E-state index in [9.17, 15) is 9.90 Å². The van der Waals surface area contributed by atoms with E-state index < -0.39 is 6.10 Å². The van der Waals surface area contributed by atoms with Gasteiger partial charge in [0.1, 0.15) is 0 Å². The average molecular weight is 247 g/mol. The Kier molecular flexibility index (Phi) is 4.02. The number of nitrogens with one attached hydrogen (secondary N) is 1. The Morgan fingerprint density at radius 1 is 1.44 bits per heavy atom. The van der Waals surface area contributed by atoms with Crippen molar-refractivity contribution in [2.24, 2.45) is 5.92 Å². The summed E-state index contributed by atoms with van der Waals surface area (Å²) in [6, 6.07) is 7.68. The van der Waals surface area contributed by atoms with E-state index in [0.717, 1.165) is 17.5 Å². The Morgan fingerprint density at radius 3 is 2.89 bits per heavy atom. The van der Waals surface area contributed by atoms with Crippen molar-refractivity contribution in [2.75, 3.05) is 0 Å². The van der Waals surface area contributed by atoms with E-state index in [1.54, 1.807) is 0 Å². The van der Waals surface area contributed by atoms with E-state index in [1.807, 2.05) is 24.3 Å². The van der Waals surface area contributed by atoms with E-state index in [1.165, 1.54) is 0 Å². The third-order valence-electron chi connectivity index (χ3n) is 3.47. The number of amides is 1. The number of hydrogen-bond acceptors (Lipinski definition) is 2. The van der Waals surface area contributed by atoms with Crippen molar-refractivity contribution in [2.45, 2.75) is 45.3 Å². The maximum atomic E-state index is 11.8. The molecule has 1 aliphatic rings. The number of aliphatic hydroxyl groups excluding tert-OH is 1. The summed E-state index contributed by atoms with van der Waals surface area (Å²) >= 11 is 0. The molecule has 0 saturated carbocycles. The van der Waals surface area contributed by atoms with Gasteiger partial charge in [-0.25, -0.2) is 0 Å². The molecule has 0 bridgehead atoms. The zero-order valence-corrected chi connectivity index (χ0v) is 11.0. The molecule has 0 unspecified atom stereocenters. The van der Waals surface area contributed by atoms with Crippen LogP contribution in [0, 0.1) is 5.92 Å². The molecule has 3 nitrogen and oxygen atoms in total. The lowest BCUT2D eigenvalue weighted by Gasteiger charge is -2.18. The van der Waals surface area contributed by atoms with Crippen molar-refractivity contribution in [3.05, 3.63) is 35.4 Å². The Labute approximate surface area is 108 Å². The summed E-state index contributed by atoms with van der Waals surface area (Å²) in [6.07, 6.45) is 1.55. The van der Waals surface area contributed by atoms with Gasteiger partial charge in [0.2, 0.25) is 5.91 Å². The van der Waals surface area contributed by atoms with Crippen LogP contribution in [-0.4, -0.2) is 17.1 Å². The van der Waals surface area contributed by atoms with Crippen molar-refractivity contribution in [1.29, 1.82) is 0 Å². The molecule has 0 aromatic heterocycles. The van der Waals surface area contributed by atoms with Crippen molar-refractivity contribution in [3.8, 4) is 0 Å². The minimum atomic E-state index is -0.495. The molecule has 18 heavy (non-hydrogen) atoms. The van der Waals surface area contributed by atoms with Gasteiger partial charge in [0.15, 0.2) is 0 Å². The molecule has 1 amide bonds. The van der Waals surface area contributed by atoms with E-state index in [0.29, 0.717) is 18.8 Å². The zero-order chi connectivity index (χ0) is 13.1. The summed E-state index contributed by atoms with van der Waals surface area (Å²) in [5.74, 6) is 0.556. The number of carbonyl (C=O) groups excluding carboxylic acids is 1. The molecule has 1 aromatic rings. The lowest BCUT2D eigenvalue weighted by atomic mass is 10.1. The van der Waals surface area contributed by atoms with Crippen molar-refractivity contribution < 1.29 is 9.90 Å². The van der Waals surface area contributed by atoms with Gasteiger partial charge in [-0.05, 0) is 23.5 Å². The Balaban J connectivity index is 1.99. The average Bonchev–Trinajstić information content (AvgIpc) is 2.64. The number of benzene rings is 1. The lowest BCUT2D eigenvalue weighted by Crippen LogP contribution is -2.33. The summed E-state index contributed by atoms with van der Waals surface area (Å²) in [7, 11) is 0. The van der Waals surface area contributed by atoms with Crippen LogP contribution in [0.3, 0.4) is 0 Å². The van der Waals surface area contributed by atoms with E-state index >= 15 is 0 Å². The SMILES string of the molecule is CC(C)CCC(=O)N[C@@H]1c2ccccc2C[C@@H]1O. The molecular formula is C15H21NO2. The van der Waals surface area contributed by atoms with Crippen LogP contribution >= 0.6 is 0 Å². The predicted molar refractivity (Wildman–Crippen MR) is 71.1 cm³/mol. The highest BCUT2D eigenvalue weighted by molar-refractivity contribution is 5.76. The summed E-state index contributed by atoms with van der Waals surface area (Å²) in [4.78, 5) is 11.8. The van der Waals surface area contributed by atoms with Crippen LogP contribution in [0.15, 0.2) is 24.3 Å². The van der Waals surface area contributed by atoms with Crippen LogP contribution in [0.25, 0.3) is 0 Å². The molecule has 0 spiro atoms. The topological polar surface area (TPSA) is 49.3 Å². The minimum Gasteiger partial charge on any atom is -0.390 e. The van der Waals surface area contributed by atoms with Gasteiger partial charge in [-0.1, -0.05) is 38.1 Å². The molecule has 2 N–H and O–H groups in total. The van der Waals surface area contributed by atoms with Crippen molar-refractivity contribution in [3.63, 3.8) is 0 Å². The first-order valence-corrected chi connectivity index (χ1v) is 6.63. The molecule has 0 heterocycles. The summed E-state index contributed by atoms with van der Waals surface area (Å²) in [5, 5.41) is 13.0. The molecule has 0 aliphatic heterocycles. The largest absolute Gasteiger partial charge is 0.390 e. The highest BCUT2D eigenvalue weighted by atomic mass is 16.3. The quantitative estimate of drug-likeness (QED) is 0.857. The fourth-order valence-corrected chi connectivity index (χ4v) is 2.41. The van der Waals surface area contributed by atoms with Gasteiger partial charge in [0.05, 0.1) is 12.1 Å². The molecule has 0 saturated heterocycles. The first-order valence-electron chi connectivity index (χ1n) is 6.63. The van der Waals surface area contributed by atoms with Crippen LogP contribution in [0.2, 0.25) is 0 Å². The van der Waals surface area contributed by atoms with Gasteiger partial charge in [-0.15, -0.1) is 0 Å². The van der Waals surface area contributed by atoms with Gasteiger partial charge < -0.3 is 10.4 Å². The number of rotatable bonds is 4. The zero-order valence-electron chi connectivity index (χ0n) is 11.0. The van der Waals surface area contributed by atoms with E-state index in [-0.39, 0.29) is 11.9 Å². The van der Waals surface area contributed by atoms with Crippen molar-refractivity contribution >= 4 is 5.91 Å². The molecule has 2 rings (SSSR count). The molecule has 1 aliphatic carbocycles. The van der Waals surface area contributed by atoms with Crippen molar-refractivity contribution in [1.82, 2.24) is 5.32 Å². The van der Waals surface area contributed by atoms with Gasteiger partial charge in [-0.3, -0.25) is 4.79 Å². The fourth-order valence-electron chi connectivity index (χ4n) is 2.41. The number of hydrogen-bond donors (Lipinski definition) is 2. The standard InChI is InChI=1S/C15H21NO2/c1-10(2)7-8-14(18)16-15-12-6-4-3-5-11(12)9-13(15)17/h3-6,10,13,15,17H,7-9H2,1-2H3,(H,16,18)/t13-,15+/m0/s1. The Hall–Kier alpha value is -1.35. The predicted octanol–water partition coefficient (Wildman–Crippen LogP) is 2.20. The molecule has 98 valence electrons. The van der Waals surface area contributed by atoms with Crippen LogP contribution in [-0.2, 0) is 11.2 Å². The third-order valence-corrected chi connectivity index (χ3v) is 3.47.